The van der Waals surface area contributed by atoms with Crippen molar-refractivity contribution in [2.75, 3.05) is 23.8 Å². The molecule has 2 bridgehead atoms. The van der Waals surface area contributed by atoms with Gasteiger partial charge in [0, 0.05) is 11.4 Å². The van der Waals surface area contributed by atoms with Gasteiger partial charge < -0.3 is 30.1 Å². The number of aliphatic hydroxyl groups is 1. The number of aryl methyl sites for hydroxylation is 2. The molecule has 3 N–H and O–H groups in total. The van der Waals surface area contributed by atoms with E-state index in [4.69, 9.17) is 9.47 Å². The summed E-state index contributed by atoms with van der Waals surface area (Å²) in [5.74, 6) is -2.03. The molecule has 1 spiro atoms. The lowest BCUT2D eigenvalue weighted by molar-refractivity contribution is -0.148. The fourth-order valence-corrected chi connectivity index (χ4v) is 8.11. The van der Waals surface area contributed by atoms with Gasteiger partial charge in [0.1, 0.15) is 17.4 Å². The molecule has 9 nitrogen and oxygen atoms in total. The van der Waals surface area contributed by atoms with Crippen molar-refractivity contribution in [2.24, 2.45) is 11.8 Å². The number of aliphatic hydroxyl groups excluding tert-OH is 1. The summed E-state index contributed by atoms with van der Waals surface area (Å²) >= 11 is 0. The summed E-state index contributed by atoms with van der Waals surface area (Å²) < 4.78 is 12.5. The normalized spacial score (nSPS) is 26.9. The minimum atomic E-state index is -1.22. The maximum atomic E-state index is 14.8. The molecular weight excluding hydrogens is 582 g/mol. The largest absolute Gasteiger partial charge is 0.494 e. The van der Waals surface area contributed by atoms with Gasteiger partial charge in [0.2, 0.25) is 17.7 Å². The Morgan fingerprint density at radius 2 is 1.65 bits per heavy atom. The van der Waals surface area contributed by atoms with Crippen LogP contribution in [0, 0.1) is 25.7 Å². The van der Waals surface area contributed by atoms with Gasteiger partial charge in [-0.25, -0.2) is 0 Å². The number of hydrogen-bond donors (Lipinski definition) is 3. The SMILES string of the molecule is CCOc1ccc(NC(=O)[C@H]2[C@H]3C(=O)N([C@@H](CO)Cc4ccccc4)C(C(=O)Nc4c(C)cccc4C)C34CC[C@]2(CC)O4)cc1. The first-order valence-corrected chi connectivity index (χ1v) is 16.3. The van der Waals surface area contributed by atoms with Crippen LogP contribution in [0.1, 0.15) is 49.8 Å². The summed E-state index contributed by atoms with van der Waals surface area (Å²) in [7, 11) is 0. The molecule has 3 amide bonds. The van der Waals surface area contributed by atoms with E-state index in [0.717, 1.165) is 16.7 Å². The van der Waals surface area contributed by atoms with Crippen LogP contribution in [0.4, 0.5) is 11.4 Å². The molecular formula is C37H43N3O6. The number of benzene rings is 3. The van der Waals surface area contributed by atoms with Crippen molar-refractivity contribution < 1.29 is 29.0 Å². The average Bonchev–Trinajstić information content (AvgIpc) is 3.67. The summed E-state index contributed by atoms with van der Waals surface area (Å²) in [6, 6.07) is 20.8. The number of fused-ring (bicyclic) bond motifs is 1. The van der Waals surface area contributed by atoms with Crippen molar-refractivity contribution in [3.63, 3.8) is 0 Å². The van der Waals surface area contributed by atoms with Crippen molar-refractivity contribution in [2.45, 2.75) is 76.7 Å². The van der Waals surface area contributed by atoms with Crippen LogP contribution < -0.4 is 15.4 Å². The fourth-order valence-electron chi connectivity index (χ4n) is 8.11. The molecule has 3 heterocycles. The zero-order valence-electron chi connectivity index (χ0n) is 26.9. The number of rotatable bonds is 11. The number of amides is 3. The highest BCUT2D eigenvalue weighted by Gasteiger charge is 2.79. The summed E-state index contributed by atoms with van der Waals surface area (Å²) in [5, 5.41) is 16.9. The van der Waals surface area contributed by atoms with Crippen LogP contribution in [-0.2, 0) is 25.5 Å². The molecule has 0 aromatic heterocycles. The molecule has 46 heavy (non-hydrogen) atoms. The Balaban J connectivity index is 1.40. The molecule has 3 aliphatic rings. The number of nitrogens with one attached hydrogen (secondary N) is 2. The Morgan fingerprint density at radius 1 is 0.957 bits per heavy atom. The van der Waals surface area contributed by atoms with Gasteiger partial charge in [-0.3, -0.25) is 14.4 Å². The molecule has 242 valence electrons. The Morgan fingerprint density at radius 3 is 2.28 bits per heavy atom. The van der Waals surface area contributed by atoms with Crippen molar-refractivity contribution in [3.8, 4) is 5.75 Å². The first kappa shape index (κ1) is 31.8. The first-order valence-electron chi connectivity index (χ1n) is 16.3. The molecule has 0 aliphatic carbocycles. The van der Waals surface area contributed by atoms with E-state index < -0.39 is 35.1 Å². The van der Waals surface area contributed by atoms with Crippen LogP contribution in [0.25, 0.3) is 0 Å². The minimum Gasteiger partial charge on any atom is -0.494 e. The fraction of sp³-hybridized carbons (Fsp3) is 0.432. The molecule has 9 heteroatoms. The smallest absolute Gasteiger partial charge is 0.250 e. The van der Waals surface area contributed by atoms with Crippen LogP contribution in [0.5, 0.6) is 5.75 Å². The number of anilines is 2. The Bertz CT molecular complexity index is 1590. The number of carbonyl (C=O) groups excluding carboxylic acids is 3. The molecule has 3 saturated heterocycles. The quantitative estimate of drug-likeness (QED) is 0.275. The second-order valence-corrected chi connectivity index (χ2v) is 12.8. The van der Waals surface area contributed by atoms with Crippen LogP contribution >= 0.6 is 0 Å². The molecule has 3 aromatic carbocycles. The number of ether oxygens (including phenoxy) is 2. The van der Waals surface area contributed by atoms with E-state index in [2.05, 4.69) is 10.6 Å². The number of nitrogens with zero attached hydrogens (tertiary/aromatic N) is 1. The van der Waals surface area contributed by atoms with Gasteiger partial charge >= 0.3 is 0 Å². The molecule has 6 rings (SSSR count). The Hall–Kier alpha value is -4.21. The van der Waals surface area contributed by atoms with Gasteiger partial charge in [-0.15, -0.1) is 0 Å². The molecule has 2 unspecified atom stereocenters. The molecule has 0 radical (unpaired) electrons. The number of carbonyl (C=O) groups is 3. The highest BCUT2D eigenvalue weighted by molar-refractivity contribution is 6.06. The van der Waals surface area contributed by atoms with Crippen molar-refractivity contribution in [1.82, 2.24) is 4.90 Å². The van der Waals surface area contributed by atoms with E-state index in [1.54, 1.807) is 24.3 Å². The zero-order valence-corrected chi connectivity index (χ0v) is 26.9. The second kappa shape index (κ2) is 12.5. The van der Waals surface area contributed by atoms with Gasteiger partial charge in [-0.1, -0.05) is 55.5 Å². The maximum absolute atomic E-state index is 14.8. The summed E-state index contributed by atoms with van der Waals surface area (Å²) in [6.07, 6.45) is 1.85. The first-order chi connectivity index (χ1) is 22.2. The molecule has 6 atom stereocenters. The van der Waals surface area contributed by atoms with Gasteiger partial charge in [-0.05, 0) is 87.4 Å². The molecule has 3 fully saturated rings. The number of para-hydroxylation sites is 1. The summed E-state index contributed by atoms with van der Waals surface area (Å²) in [5.41, 5.74) is 1.88. The lowest BCUT2D eigenvalue weighted by atomic mass is 9.65. The van der Waals surface area contributed by atoms with E-state index in [1.165, 1.54) is 4.90 Å². The van der Waals surface area contributed by atoms with Gasteiger partial charge in [-0.2, -0.15) is 0 Å². The number of hydrogen-bond acceptors (Lipinski definition) is 6. The summed E-state index contributed by atoms with van der Waals surface area (Å²) in [6.45, 7) is 7.92. The van der Waals surface area contributed by atoms with E-state index in [9.17, 15) is 19.5 Å². The lowest BCUT2D eigenvalue weighted by Crippen LogP contribution is -2.57. The molecule has 3 aliphatic heterocycles. The third-order valence-electron chi connectivity index (χ3n) is 10.2. The Labute approximate surface area is 270 Å². The lowest BCUT2D eigenvalue weighted by Gasteiger charge is -2.37. The van der Waals surface area contributed by atoms with E-state index in [-0.39, 0.29) is 24.3 Å². The van der Waals surface area contributed by atoms with E-state index in [1.807, 2.05) is 76.2 Å². The monoisotopic (exact) mass is 625 g/mol. The van der Waals surface area contributed by atoms with Crippen LogP contribution in [-0.4, -0.2) is 64.2 Å². The van der Waals surface area contributed by atoms with Crippen LogP contribution in [0.15, 0.2) is 72.8 Å². The maximum Gasteiger partial charge on any atom is 0.250 e. The Kier molecular flexibility index (Phi) is 8.65. The van der Waals surface area contributed by atoms with E-state index >= 15 is 0 Å². The predicted molar refractivity (Wildman–Crippen MR) is 175 cm³/mol. The van der Waals surface area contributed by atoms with Gasteiger partial charge in [0.05, 0.1) is 36.7 Å². The zero-order chi connectivity index (χ0) is 32.6. The van der Waals surface area contributed by atoms with Gasteiger partial charge in [0.15, 0.2) is 0 Å². The van der Waals surface area contributed by atoms with E-state index in [0.29, 0.717) is 49.4 Å². The second-order valence-electron chi connectivity index (χ2n) is 12.8. The third-order valence-corrected chi connectivity index (χ3v) is 10.2. The average molecular weight is 626 g/mol. The molecule has 0 saturated carbocycles. The highest BCUT2D eigenvalue weighted by atomic mass is 16.5. The van der Waals surface area contributed by atoms with Crippen molar-refractivity contribution in [3.05, 3.63) is 89.5 Å². The number of likely N-dealkylation sites (tertiary alicyclic amines) is 1. The third kappa shape index (κ3) is 5.25. The van der Waals surface area contributed by atoms with Crippen LogP contribution in [0.3, 0.4) is 0 Å². The predicted octanol–water partition coefficient (Wildman–Crippen LogP) is 5.04. The standard InChI is InChI=1S/C37H43N3O6/c1-5-36-19-20-37(46-36)30(29(36)33(42)38-26-15-17-28(18-16-26)45-6-2)35(44)40(27(22-41)21-25-13-8-7-9-14-25)32(37)34(43)39-31-23(3)11-10-12-24(31)4/h7-18,27,29-30,32,41H,5-6,19-22H2,1-4H3,(H,38,42)(H,39,43)/t27-,29-,30+,32?,36+,37?/m1/s1. The van der Waals surface area contributed by atoms with Crippen LogP contribution in [0.2, 0.25) is 0 Å². The topological polar surface area (TPSA) is 117 Å². The van der Waals surface area contributed by atoms with Gasteiger partial charge in [0.25, 0.3) is 0 Å². The minimum absolute atomic E-state index is 0.315. The molecule has 3 aromatic rings. The highest BCUT2D eigenvalue weighted by Crippen LogP contribution is 2.64. The van der Waals surface area contributed by atoms with Crippen molar-refractivity contribution in [1.29, 1.82) is 0 Å². The van der Waals surface area contributed by atoms with Crippen molar-refractivity contribution >= 4 is 29.1 Å². The summed E-state index contributed by atoms with van der Waals surface area (Å²) in [4.78, 5) is 45.0.